The second-order valence-corrected chi connectivity index (χ2v) is 6.81. The summed E-state index contributed by atoms with van der Waals surface area (Å²) < 4.78 is 5.40. The summed E-state index contributed by atoms with van der Waals surface area (Å²) in [4.78, 5) is 11.1. The van der Waals surface area contributed by atoms with E-state index in [4.69, 9.17) is 4.74 Å². The molecule has 2 aliphatic rings. The van der Waals surface area contributed by atoms with Crippen LogP contribution in [0.4, 0.5) is 5.95 Å². The van der Waals surface area contributed by atoms with Crippen LogP contribution in [0.5, 0.6) is 5.75 Å². The molecule has 2 N–H and O–H groups in total. The molecule has 2 atom stereocenters. The van der Waals surface area contributed by atoms with E-state index in [1.807, 2.05) is 24.5 Å². The lowest BCUT2D eigenvalue weighted by Crippen LogP contribution is -2.44. The fraction of sp³-hybridized carbons (Fsp3) is 0.474. The maximum absolute atomic E-state index is 5.40. The first-order valence-electron chi connectivity index (χ1n) is 8.99. The molecule has 0 saturated carbocycles. The van der Waals surface area contributed by atoms with Crippen LogP contribution in [0, 0.1) is 5.92 Å². The number of hydrazine groups is 1. The Hall–Kier alpha value is -2.18. The zero-order chi connectivity index (χ0) is 17.1. The molecule has 1 aromatic carbocycles. The monoisotopic (exact) mass is 339 g/mol. The Kier molecular flexibility index (Phi) is 4.81. The van der Waals surface area contributed by atoms with E-state index in [1.165, 1.54) is 5.56 Å². The number of hydrogen-bond donors (Lipinski definition) is 2. The molecule has 2 aliphatic heterocycles. The topological polar surface area (TPSA) is 62.3 Å². The number of nitrogens with zero attached hydrogens (tertiary/aromatic N) is 3. The Morgan fingerprint density at radius 3 is 2.68 bits per heavy atom. The van der Waals surface area contributed by atoms with Crippen molar-refractivity contribution >= 4 is 5.95 Å². The molecule has 6 heteroatoms. The van der Waals surface area contributed by atoms with E-state index < -0.39 is 0 Å². The minimum absolute atomic E-state index is 0.450. The molecule has 6 nitrogen and oxygen atoms in total. The summed E-state index contributed by atoms with van der Waals surface area (Å²) in [5, 5.41) is 0. The summed E-state index contributed by atoms with van der Waals surface area (Å²) in [7, 11) is 1.73. The number of aromatic nitrogens is 2. The van der Waals surface area contributed by atoms with Gasteiger partial charge in [-0.25, -0.2) is 9.97 Å². The predicted octanol–water partition coefficient (Wildman–Crippen LogP) is 1.96. The third-order valence-corrected chi connectivity index (χ3v) is 5.43. The largest absolute Gasteiger partial charge is 0.497 e. The highest BCUT2D eigenvalue weighted by atomic mass is 16.5. The fourth-order valence-electron chi connectivity index (χ4n) is 4.07. The van der Waals surface area contributed by atoms with Gasteiger partial charge >= 0.3 is 0 Å². The SMILES string of the molecule is COc1cccc(C2CNNC2C2CCN(c3ncccn3)CC2)c1. The number of piperidine rings is 1. The zero-order valence-corrected chi connectivity index (χ0v) is 14.6. The fourth-order valence-corrected chi connectivity index (χ4v) is 4.07. The maximum atomic E-state index is 5.40. The molecule has 2 unspecified atom stereocenters. The van der Waals surface area contributed by atoms with Crippen molar-refractivity contribution in [1.29, 1.82) is 0 Å². The van der Waals surface area contributed by atoms with Gasteiger partial charge in [0.05, 0.1) is 7.11 Å². The molecule has 2 fully saturated rings. The molecule has 1 aromatic heterocycles. The quantitative estimate of drug-likeness (QED) is 0.888. The van der Waals surface area contributed by atoms with Gasteiger partial charge in [0.25, 0.3) is 0 Å². The summed E-state index contributed by atoms with van der Waals surface area (Å²) in [6.45, 7) is 2.98. The molecule has 0 amide bonds. The van der Waals surface area contributed by atoms with Gasteiger partial charge in [-0.05, 0) is 42.5 Å². The van der Waals surface area contributed by atoms with E-state index in [0.717, 1.165) is 44.2 Å². The average Bonchev–Trinajstić information content (AvgIpc) is 3.19. The molecular formula is C19H25N5O. The van der Waals surface area contributed by atoms with E-state index in [-0.39, 0.29) is 0 Å². The molecular weight excluding hydrogens is 314 g/mol. The van der Waals surface area contributed by atoms with Crippen LogP contribution in [0.2, 0.25) is 0 Å². The second kappa shape index (κ2) is 7.37. The molecule has 0 aliphatic carbocycles. The lowest BCUT2D eigenvalue weighted by Gasteiger charge is -2.36. The number of anilines is 1. The van der Waals surface area contributed by atoms with Crippen LogP contribution < -0.4 is 20.5 Å². The summed E-state index contributed by atoms with van der Waals surface area (Å²) in [5.41, 5.74) is 8.24. The Labute approximate surface area is 148 Å². The second-order valence-electron chi connectivity index (χ2n) is 6.81. The van der Waals surface area contributed by atoms with Gasteiger partial charge in [0.1, 0.15) is 5.75 Å². The van der Waals surface area contributed by atoms with Crippen molar-refractivity contribution in [2.75, 3.05) is 31.6 Å². The van der Waals surface area contributed by atoms with Gasteiger partial charge < -0.3 is 9.64 Å². The highest BCUT2D eigenvalue weighted by Gasteiger charge is 2.36. The van der Waals surface area contributed by atoms with E-state index in [1.54, 1.807) is 7.11 Å². The van der Waals surface area contributed by atoms with E-state index in [2.05, 4.69) is 43.9 Å². The Balaban J connectivity index is 1.43. The average molecular weight is 339 g/mol. The number of nitrogens with one attached hydrogen (secondary N) is 2. The van der Waals surface area contributed by atoms with E-state index >= 15 is 0 Å². The van der Waals surface area contributed by atoms with Crippen molar-refractivity contribution in [2.45, 2.75) is 24.8 Å². The molecule has 0 radical (unpaired) electrons. The van der Waals surface area contributed by atoms with Crippen LogP contribution in [0.15, 0.2) is 42.7 Å². The summed E-state index contributed by atoms with van der Waals surface area (Å²) in [6, 6.07) is 10.8. The Morgan fingerprint density at radius 2 is 1.92 bits per heavy atom. The molecule has 2 aromatic rings. The first kappa shape index (κ1) is 16.3. The smallest absolute Gasteiger partial charge is 0.225 e. The Bertz CT molecular complexity index is 687. The lowest BCUT2D eigenvalue weighted by molar-refractivity contribution is 0.294. The molecule has 132 valence electrons. The van der Waals surface area contributed by atoms with Gasteiger partial charge in [-0.1, -0.05) is 12.1 Å². The molecule has 2 saturated heterocycles. The number of ether oxygens (including phenoxy) is 1. The van der Waals surface area contributed by atoms with Crippen molar-refractivity contribution in [2.24, 2.45) is 5.92 Å². The van der Waals surface area contributed by atoms with Crippen LogP contribution in [-0.2, 0) is 0 Å². The summed E-state index contributed by atoms with van der Waals surface area (Å²) >= 11 is 0. The van der Waals surface area contributed by atoms with Crippen molar-refractivity contribution in [1.82, 2.24) is 20.8 Å². The number of benzene rings is 1. The standard InChI is InChI=1S/C19H25N5O/c1-25-16-5-2-4-15(12-16)17-13-22-23-18(17)14-6-10-24(11-7-14)19-20-8-3-9-21-19/h2-5,8-9,12,14,17-18,22-23H,6-7,10-11,13H2,1H3. The summed E-state index contributed by atoms with van der Waals surface area (Å²) in [5.74, 6) is 2.90. The van der Waals surface area contributed by atoms with Gasteiger partial charge in [-0.2, -0.15) is 0 Å². The first-order valence-corrected chi connectivity index (χ1v) is 8.99. The van der Waals surface area contributed by atoms with Gasteiger partial charge in [-0.15, -0.1) is 0 Å². The van der Waals surface area contributed by atoms with Crippen LogP contribution in [0.3, 0.4) is 0 Å². The van der Waals surface area contributed by atoms with E-state index in [0.29, 0.717) is 17.9 Å². The van der Waals surface area contributed by atoms with Crippen LogP contribution in [0.25, 0.3) is 0 Å². The van der Waals surface area contributed by atoms with Gasteiger partial charge in [0, 0.05) is 44.0 Å². The molecule has 4 rings (SSSR count). The van der Waals surface area contributed by atoms with Crippen molar-refractivity contribution in [3.8, 4) is 5.75 Å². The maximum Gasteiger partial charge on any atom is 0.225 e. The number of methoxy groups -OCH3 is 1. The third-order valence-electron chi connectivity index (χ3n) is 5.43. The van der Waals surface area contributed by atoms with Gasteiger partial charge in [-0.3, -0.25) is 10.9 Å². The zero-order valence-electron chi connectivity index (χ0n) is 14.6. The predicted molar refractivity (Wildman–Crippen MR) is 97.6 cm³/mol. The molecule has 3 heterocycles. The van der Waals surface area contributed by atoms with Gasteiger partial charge in [0.15, 0.2) is 0 Å². The molecule has 25 heavy (non-hydrogen) atoms. The van der Waals surface area contributed by atoms with Crippen molar-refractivity contribution in [3.05, 3.63) is 48.3 Å². The third kappa shape index (κ3) is 3.45. The number of rotatable bonds is 4. The highest BCUT2D eigenvalue weighted by molar-refractivity contribution is 5.33. The lowest BCUT2D eigenvalue weighted by atomic mass is 9.80. The van der Waals surface area contributed by atoms with Crippen LogP contribution in [0.1, 0.15) is 24.3 Å². The van der Waals surface area contributed by atoms with Crippen molar-refractivity contribution < 1.29 is 4.74 Å². The van der Waals surface area contributed by atoms with E-state index in [9.17, 15) is 0 Å². The molecule has 0 spiro atoms. The van der Waals surface area contributed by atoms with Crippen molar-refractivity contribution in [3.63, 3.8) is 0 Å². The van der Waals surface area contributed by atoms with Crippen LogP contribution in [-0.4, -0.2) is 42.8 Å². The minimum Gasteiger partial charge on any atom is -0.497 e. The normalized spacial score (nSPS) is 24.4. The first-order chi connectivity index (χ1) is 12.3. The Morgan fingerprint density at radius 1 is 1.12 bits per heavy atom. The summed E-state index contributed by atoms with van der Waals surface area (Å²) in [6.07, 6.45) is 5.93. The minimum atomic E-state index is 0.450. The molecule has 0 bridgehead atoms. The number of hydrogen-bond acceptors (Lipinski definition) is 6. The highest BCUT2D eigenvalue weighted by Crippen LogP contribution is 2.33. The van der Waals surface area contributed by atoms with Crippen LogP contribution >= 0.6 is 0 Å². The van der Waals surface area contributed by atoms with Gasteiger partial charge in [0.2, 0.25) is 5.95 Å².